The highest BCUT2D eigenvalue weighted by Gasteiger charge is 2.02. The third kappa shape index (κ3) is 2.13. The summed E-state index contributed by atoms with van der Waals surface area (Å²) >= 11 is 2.17. The normalized spacial score (nSPS) is 16.9. The van der Waals surface area contributed by atoms with E-state index < -0.39 is 0 Å². The Bertz CT molecular complexity index is 196. The van der Waals surface area contributed by atoms with Crippen LogP contribution in [0, 0.1) is 0 Å². The molecule has 0 saturated carbocycles. The summed E-state index contributed by atoms with van der Waals surface area (Å²) in [7, 11) is 0. The maximum Gasteiger partial charge on any atom is 0.193 e. The molecule has 54 valence electrons. The lowest BCUT2D eigenvalue weighted by molar-refractivity contribution is 0.337. The first-order valence-corrected chi connectivity index (χ1v) is 4.07. The molecule has 0 aromatic heterocycles. The second-order valence-electron chi connectivity index (χ2n) is 1.84. The molecule has 0 unspecified atom stereocenters. The Kier molecular flexibility index (Phi) is 2.92. The molecule has 2 nitrogen and oxygen atoms in total. The van der Waals surface area contributed by atoms with Crippen LogP contribution in [0.4, 0.5) is 0 Å². The summed E-state index contributed by atoms with van der Waals surface area (Å²) in [4.78, 5) is 4.14. The smallest absolute Gasteiger partial charge is 0.193 e. The number of rotatable bonds is 2. The van der Waals surface area contributed by atoms with Crippen molar-refractivity contribution in [3.63, 3.8) is 0 Å². The third-order valence-electron chi connectivity index (χ3n) is 1.05. The molecule has 1 aliphatic rings. The average Bonchev–Trinajstić information content (AvgIpc) is 1.88. The van der Waals surface area contributed by atoms with Gasteiger partial charge >= 0.3 is 0 Å². The SMILES string of the molecule is C=CCC1=NC(I)=CCO1. The Morgan fingerprint density at radius 1 is 1.90 bits per heavy atom. The monoisotopic (exact) mass is 249 g/mol. The molecule has 1 heterocycles. The highest BCUT2D eigenvalue weighted by Crippen LogP contribution is 2.13. The fourth-order valence-corrected chi connectivity index (χ4v) is 1.08. The zero-order valence-corrected chi connectivity index (χ0v) is 7.67. The molecule has 1 rings (SSSR count). The Morgan fingerprint density at radius 2 is 2.70 bits per heavy atom. The number of hydrogen-bond donors (Lipinski definition) is 0. The van der Waals surface area contributed by atoms with Crippen molar-refractivity contribution in [1.29, 1.82) is 0 Å². The zero-order chi connectivity index (χ0) is 7.40. The van der Waals surface area contributed by atoms with E-state index in [1.807, 2.05) is 6.08 Å². The van der Waals surface area contributed by atoms with Crippen LogP contribution >= 0.6 is 22.6 Å². The number of nitrogens with zero attached hydrogens (tertiary/aromatic N) is 1. The molecule has 0 aromatic rings. The minimum absolute atomic E-state index is 0.644. The number of hydrogen-bond acceptors (Lipinski definition) is 2. The maximum absolute atomic E-state index is 5.19. The molecule has 0 radical (unpaired) electrons. The summed E-state index contributed by atoms with van der Waals surface area (Å²) in [6, 6.07) is 0. The van der Waals surface area contributed by atoms with E-state index in [2.05, 4.69) is 34.2 Å². The first kappa shape index (κ1) is 7.78. The highest BCUT2D eigenvalue weighted by molar-refractivity contribution is 14.1. The second-order valence-corrected chi connectivity index (χ2v) is 2.94. The molecular formula is C7H8INO. The lowest BCUT2D eigenvalue weighted by Gasteiger charge is -2.08. The van der Waals surface area contributed by atoms with Crippen LogP contribution < -0.4 is 0 Å². The lowest BCUT2D eigenvalue weighted by Crippen LogP contribution is -2.07. The Morgan fingerprint density at radius 3 is 3.30 bits per heavy atom. The van der Waals surface area contributed by atoms with E-state index in [9.17, 15) is 0 Å². The number of halogens is 1. The van der Waals surface area contributed by atoms with Crippen molar-refractivity contribution < 1.29 is 4.74 Å². The molecule has 0 amide bonds. The van der Waals surface area contributed by atoms with Crippen LogP contribution in [-0.4, -0.2) is 12.5 Å². The molecule has 10 heavy (non-hydrogen) atoms. The number of aliphatic imine (C=N–C) groups is 1. The summed E-state index contributed by atoms with van der Waals surface area (Å²) in [6.07, 6.45) is 4.45. The Hall–Kier alpha value is -0.320. The molecular weight excluding hydrogens is 241 g/mol. The first-order valence-electron chi connectivity index (χ1n) is 3.00. The van der Waals surface area contributed by atoms with Crippen LogP contribution in [0.1, 0.15) is 6.42 Å². The molecule has 3 heteroatoms. The van der Waals surface area contributed by atoms with Crippen LogP contribution in [0.3, 0.4) is 0 Å². The summed E-state index contributed by atoms with van der Waals surface area (Å²) in [6.45, 7) is 4.24. The summed E-state index contributed by atoms with van der Waals surface area (Å²) in [5.41, 5.74) is 0. The van der Waals surface area contributed by atoms with Crippen LogP contribution in [0.2, 0.25) is 0 Å². The minimum atomic E-state index is 0.644. The molecule has 0 aromatic carbocycles. The Balaban J connectivity index is 2.59. The van der Waals surface area contributed by atoms with Gasteiger partial charge in [-0.05, 0) is 28.7 Å². The van der Waals surface area contributed by atoms with E-state index >= 15 is 0 Å². The summed E-state index contributed by atoms with van der Waals surface area (Å²) < 4.78 is 6.19. The predicted octanol–water partition coefficient (Wildman–Crippen LogP) is 2.27. The molecule has 0 fully saturated rings. The summed E-state index contributed by atoms with van der Waals surface area (Å²) in [5.74, 6) is 0.766. The second kappa shape index (κ2) is 3.75. The molecule has 0 bridgehead atoms. The van der Waals surface area contributed by atoms with Crippen LogP contribution in [-0.2, 0) is 4.74 Å². The van der Waals surface area contributed by atoms with E-state index in [4.69, 9.17) is 4.74 Å². The van der Waals surface area contributed by atoms with E-state index in [-0.39, 0.29) is 0 Å². The topological polar surface area (TPSA) is 21.6 Å². The molecule has 0 aliphatic carbocycles. The fourth-order valence-electron chi connectivity index (χ4n) is 0.632. The van der Waals surface area contributed by atoms with Crippen molar-refractivity contribution in [2.24, 2.45) is 4.99 Å². The molecule has 0 atom stereocenters. The van der Waals surface area contributed by atoms with Gasteiger partial charge in [-0.2, -0.15) is 0 Å². The van der Waals surface area contributed by atoms with Gasteiger partial charge in [-0.3, -0.25) is 0 Å². The van der Waals surface area contributed by atoms with E-state index in [0.717, 1.165) is 16.0 Å². The van der Waals surface area contributed by atoms with Gasteiger partial charge in [0.05, 0.1) is 0 Å². The van der Waals surface area contributed by atoms with E-state index in [0.29, 0.717) is 6.61 Å². The van der Waals surface area contributed by atoms with Crippen LogP contribution in [0.15, 0.2) is 27.4 Å². The molecule has 0 N–H and O–H groups in total. The van der Waals surface area contributed by atoms with Crippen molar-refractivity contribution >= 4 is 28.5 Å². The zero-order valence-electron chi connectivity index (χ0n) is 5.51. The third-order valence-corrected chi connectivity index (χ3v) is 1.73. The highest BCUT2D eigenvalue weighted by atomic mass is 127. The molecule has 1 aliphatic heterocycles. The van der Waals surface area contributed by atoms with Crippen molar-refractivity contribution in [3.8, 4) is 0 Å². The standard InChI is InChI=1S/C7H8INO/c1-2-3-7-9-6(8)4-5-10-7/h2,4H,1,3,5H2. The van der Waals surface area contributed by atoms with Gasteiger partial charge in [0.2, 0.25) is 0 Å². The minimum Gasteiger partial charge on any atom is -0.476 e. The van der Waals surface area contributed by atoms with Crippen molar-refractivity contribution in [2.75, 3.05) is 6.61 Å². The van der Waals surface area contributed by atoms with Crippen molar-refractivity contribution in [3.05, 3.63) is 22.4 Å². The predicted molar refractivity (Wildman–Crippen MR) is 50.3 cm³/mol. The van der Waals surface area contributed by atoms with Crippen LogP contribution in [0.25, 0.3) is 0 Å². The van der Waals surface area contributed by atoms with Gasteiger partial charge in [0.1, 0.15) is 10.3 Å². The van der Waals surface area contributed by atoms with Crippen molar-refractivity contribution in [2.45, 2.75) is 6.42 Å². The lowest BCUT2D eigenvalue weighted by atomic mass is 10.4. The largest absolute Gasteiger partial charge is 0.476 e. The summed E-state index contributed by atoms with van der Waals surface area (Å²) in [5, 5.41) is 0. The maximum atomic E-state index is 5.19. The van der Waals surface area contributed by atoms with Gasteiger partial charge < -0.3 is 4.74 Å². The average molecular weight is 249 g/mol. The van der Waals surface area contributed by atoms with E-state index in [1.54, 1.807) is 6.08 Å². The molecule has 0 saturated heterocycles. The van der Waals surface area contributed by atoms with Gasteiger partial charge in [-0.1, -0.05) is 6.08 Å². The van der Waals surface area contributed by atoms with Gasteiger partial charge in [-0.15, -0.1) is 6.58 Å². The van der Waals surface area contributed by atoms with Gasteiger partial charge in [0.15, 0.2) is 5.90 Å². The molecule has 0 spiro atoms. The first-order chi connectivity index (χ1) is 4.83. The quantitative estimate of drug-likeness (QED) is 0.418. The van der Waals surface area contributed by atoms with E-state index in [1.165, 1.54) is 0 Å². The fraction of sp³-hybridized carbons (Fsp3) is 0.286. The van der Waals surface area contributed by atoms with Gasteiger partial charge in [-0.25, -0.2) is 4.99 Å². The Labute approximate surface area is 73.8 Å². The number of ether oxygens (including phenoxy) is 1. The van der Waals surface area contributed by atoms with Crippen molar-refractivity contribution in [1.82, 2.24) is 0 Å². The van der Waals surface area contributed by atoms with Gasteiger partial charge in [0.25, 0.3) is 0 Å². The van der Waals surface area contributed by atoms with Gasteiger partial charge in [0, 0.05) is 6.42 Å². The van der Waals surface area contributed by atoms with Crippen LogP contribution in [0.5, 0.6) is 0 Å².